The van der Waals surface area contributed by atoms with Crippen LogP contribution >= 0.6 is 11.3 Å². The van der Waals surface area contributed by atoms with Crippen LogP contribution < -0.4 is 15.8 Å². The number of nitrogens with one attached hydrogen (secondary N) is 1. The number of thiophene rings is 1. The molecule has 0 radical (unpaired) electrons. The van der Waals surface area contributed by atoms with Gasteiger partial charge in [-0.25, -0.2) is 0 Å². The lowest BCUT2D eigenvalue weighted by molar-refractivity contribution is 0.102. The molecule has 2 aromatic rings. The number of aryl methyl sites for hydroxylation is 1. The standard InChI is InChI=1S/C14H15N3O3S/c1-8-6-7-21-12(8)14(18)16-11-9(13(15)17-19)4-3-5-10(11)20-2/h3-7,19H,1-2H3,(H2,15,17)(H,16,18). The predicted octanol–water partition coefficient (Wildman–Crippen LogP) is 2.41. The Balaban J connectivity index is 2.43. The Morgan fingerprint density at radius 2 is 2.19 bits per heavy atom. The number of hydrogen-bond donors (Lipinski definition) is 3. The van der Waals surface area contributed by atoms with Crippen LogP contribution in [0.3, 0.4) is 0 Å². The lowest BCUT2D eigenvalue weighted by Crippen LogP contribution is -2.19. The van der Waals surface area contributed by atoms with Crippen LogP contribution in [-0.4, -0.2) is 24.1 Å². The Kier molecular flexibility index (Phi) is 4.44. The number of carbonyl (C=O) groups excluding carboxylic acids is 1. The van der Waals surface area contributed by atoms with E-state index in [9.17, 15) is 4.79 Å². The number of anilines is 1. The first-order valence-corrected chi connectivity index (χ1v) is 6.96. The minimum atomic E-state index is -0.265. The molecule has 1 heterocycles. The van der Waals surface area contributed by atoms with Gasteiger partial charge in [0.15, 0.2) is 5.84 Å². The summed E-state index contributed by atoms with van der Waals surface area (Å²) in [7, 11) is 1.48. The largest absolute Gasteiger partial charge is 0.495 e. The average molecular weight is 305 g/mol. The van der Waals surface area contributed by atoms with E-state index >= 15 is 0 Å². The van der Waals surface area contributed by atoms with Gasteiger partial charge in [0.1, 0.15) is 5.75 Å². The number of methoxy groups -OCH3 is 1. The molecule has 1 aromatic carbocycles. The van der Waals surface area contributed by atoms with Crippen LogP contribution in [0.5, 0.6) is 5.75 Å². The zero-order valence-electron chi connectivity index (χ0n) is 11.6. The molecule has 0 atom stereocenters. The zero-order chi connectivity index (χ0) is 15.4. The van der Waals surface area contributed by atoms with Gasteiger partial charge in [0.05, 0.1) is 17.7 Å². The van der Waals surface area contributed by atoms with Crippen molar-refractivity contribution in [2.75, 3.05) is 12.4 Å². The van der Waals surface area contributed by atoms with Crippen molar-refractivity contribution in [1.82, 2.24) is 0 Å². The molecule has 2 rings (SSSR count). The Hall–Kier alpha value is -2.54. The third-order valence-electron chi connectivity index (χ3n) is 2.94. The van der Waals surface area contributed by atoms with Gasteiger partial charge in [-0.2, -0.15) is 0 Å². The van der Waals surface area contributed by atoms with Crippen molar-refractivity contribution < 1.29 is 14.7 Å². The number of amides is 1. The Bertz CT molecular complexity index is 695. The Morgan fingerprint density at radius 1 is 1.43 bits per heavy atom. The van der Waals surface area contributed by atoms with Gasteiger partial charge in [0, 0.05) is 5.56 Å². The minimum absolute atomic E-state index is 0.105. The maximum absolute atomic E-state index is 12.3. The molecule has 0 spiro atoms. The second kappa shape index (κ2) is 6.27. The molecule has 0 bridgehead atoms. The summed E-state index contributed by atoms with van der Waals surface area (Å²) in [5, 5.41) is 16.4. The summed E-state index contributed by atoms with van der Waals surface area (Å²) < 4.78 is 5.23. The fraction of sp³-hybridized carbons (Fsp3) is 0.143. The predicted molar refractivity (Wildman–Crippen MR) is 82.5 cm³/mol. The molecule has 1 amide bonds. The number of carbonyl (C=O) groups is 1. The number of oxime groups is 1. The van der Waals surface area contributed by atoms with Crippen molar-refractivity contribution in [3.05, 3.63) is 45.6 Å². The summed E-state index contributed by atoms with van der Waals surface area (Å²) in [6.45, 7) is 1.86. The van der Waals surface area contributed by atoms with Gasteiger partial charge in [-0.15, -0.1) is 11.3 Å². The summed E-state index contributed by atoms with van der Waals surface area (Å²) >= 11 is 1.35. The van der Waals surface area contributed by atoms with Gasteiger partial charge in [-0.1, -0.05) is 11.2 Å². The average Bonchev–Trinajstić information content (AvgIpc) is 2.92. The van der Waals surface area contributed by atoms with Crippen LogP contribution in [0.25, 0.3) is 0 Å². The highest BCUT2D eigenvalue weighted by Crippen LogP contribution is 2.29. The molecule has 110 valence electrons. The SMILES string of the molecule is COc1cccc(/C(N)=N/O)c1NC(=O)c1sccc1C. The first kappa shape index (κ1) is 14.9. The second-order valence-electron chi connectivity index (χ2n) is 4.25. The molecule has 0 aliphatic rings. The number of amidine groups is 1. The number of rotatable bonds is 4. The summed E-state index contributed by atoms with van der Waals surface area (Å²) in [6.07, 6.45) is 0. The number of hydrogen-bond acceptors (Lipinski definition) is 5. The second-order valence-corrected chi connectivity index (χ2v) is 5.17. The maximum atomic E-state index is 12.3. The number of nitrogens with two attached hydrogens (primary N) is 1. The molecule has 0 fully saturated rings. The Labute approximate surface area is 125 Å². The van der Waals surface area contributed by atoms with Crippen molar-refractivity contribution in [2.45, 2.75) is 6.92 Å². The Morgan fingerprint density at radius 3 is 2.76 bits per heavy atom. The molecule has 0 unspecified atom stereocenters. The van der Waals surface area contributed by atoms with Crippen molar-refractivity contribution in [1.29, 1.82) is 0 Å². The smallest absolute Gasteiger partial charge is 0.266 e. The molecule has 7 heteroatoms. The van der Waals surface area contributed by atoms with E-state index in [1.165, 1.54) is 18.4 Å². The fourth-order valence-electron chi connectivity index (χ4n) is 1.87. The first-order chi connectivity index (χ1) is 10.1. The molecule has 0 saturated heterocycles. The number of para-hydroxylation sites is 1. The molecule has 0 aliphatic carbocycles. The van der Waals surface area contributed by atoms with E-state index in [4.69, 9.17) is 15.7 Å². The quantitative estimate of drug-likeness (QED) is 0.350. The number of benzene rings is 1. The normalized spacial score (nSPS) is 11.2. The van der Waals surface area contributed by atoms with Crippen molar-refractivity contribution in [3.63, 3.8) is 0 Å². The minimum Gasteiger partial charge on any atom is -0.495 e. The van der Waals surface area contributed by atoms with E-state index in [1.54, 1.807) is 18.2 Å². The van der Waals surface area contributed by atoms with Crippen molar-refractivity contribution in [2.24, 2.45) is 10.9 Å². The highest BCUT2D eigenvalue weighted by molar-refractivity contribution is 7.12. The topological polar surface area (TPSA) is 96.9 Å². The summed E-state index contributed by atoms with van der Waals surface area (Å²) in [5.41, 5.74) is 7.28. The van der Waals surface area contributed by atoms with E-state index in [-0.39, 0.29) is 11.7 Å². The van der Waals surface area contributed by atoms with Gasteiger partial charge in [0.25, 0.3) is 5.91 Å². The van der Waals surface area contributed by atoms with E-state index < -0.39 is 0 Å². The van der Waals surface area contributed by atoms with Crippen LogP contribution in [0.4, 0.5) is 5.69 Å². The molecular weight excluding hydrogens is 290 g/mol. The summed E-state index contributed by atoms with van der Waals surface area (Å²) in [4.78, 5) is 12.9. The molecule has 0 aliphatic heterocycles. The van der Waals surface area contributed by atoms with Gasteiger partial charge in [-0.05, 0) is 36.1 Å². The highest BCUT2D eigenvalue weighted by Gasteiger charge is 2.17. The van der Waals surface area contributed by atoms with Crippen LogP contribution in [0.1, 0.15) is 20.8 Å². The maximum Gasteiger partial charge on any atom is 0.266 e. The molecular formula is C14H15N3O3S. The van der Waals surface area contributed by atoms with Gasteiger partial charge < -0.3 is 21.0 Å². The fourth-order valence-corrected chi connectivity index (χ4v) is 2.69. The lowest BCUT2D eigenvalue weighted by atomic mass is 10.1. The molecule has 4 N–H and O–H groups in total. The third kappa shape index (κ3) is 2.97. The number of ether oxygens (including phenoxy) is 1. The van der Waals surface area contributed by atoms with Crippen LogP contribution in [0.15, 0.2) is 34.8 Å². The van der Waals surface area contributed by atoms with Gasteiger partial charge >= 0.3 is 0 Å². The molecule has 6 nitrogen and oxygen atoms in total. The summed E-state index contributed by atoms with van der Waals surface area (Å²) in [5.74, 6) is 0.0627. The monoisotopic (exact) mass is 305 g/mol. The van der Waals surface area contributed by atoms with E-state index in [1.807, 2.05) is 18.4 Å². The van der Waals surface area contributed by atoms with E-state index in [0.717, 1.165) is 5.56 Å². The van der Waals surface area contributed by atoms with Crippen LogP contribution in [0, 0.1) is 6.92 Å². The third-order valence-corrected chi connectivity index (χ3v) is 3.95. The van der Waals surface area contributed by atoms with E-state index in [0.29, 0.717) is 21.9 Å². The number of nitrogens with zero attached hydrogens (tertiary/aromatic N) is 1. The first-order valence-electron chi connectivity index (χ1n) is 6.08. The zero-order valence-corrected chi connectivity index (χ0v) is 12.4. The summed E-state index contributed by atoms with van der Waals surface area (Å²) in [6, 6.07) is 6.88. The molecule has 1 aromatic heterocycles. The lowest BCUT2D eigenvalue weighted by Gasteiger charge is -2.14. The van der Waals surface area contributed by atoms with Gasteiger partial charge in [-0.3, -0.25) is 4.79 Å². The van der Waals surface area contributed by atoms with Crippen LogP contribution in [-0.2, 0) is 0 Å². The highest BCUT2D eigenvalue weighted by atomic mass is 32.1. The van der Waals surface area contributed by atoms with Crippen molar-refractivity contribution >= 4 is 28.8 Å². The van der Waals surface area contributed by atoms with Crippen LogP contribution in [0.2, 0.25) is 0 Å². The molecule has 0 saturated carbocycles. The van der Waals surface area contributed by atoms with Crippen molar-refractivity contribution in [3.8, 4) is 5.75 Å². The molecule has 21 heavy (non-hydrogen) atoms. The van der Waals surface area contributed by atoms with Gasteiger partial charge in [0.2, 0.25) is 0 Å². The van der Waals surface area contributed by atoms with E-state index in [2.05, 4.69) is 10.5 Å².